The molecule has 1 rings (SSSR count). The van der Waals surface area contributed by atoms with Crippen molar-refractivity contribution in [2.45, 2.75) is 39.4 Å². The van der Waals surface area contributed by atoms with Gasteiger partial charge in [0.2, 0.25) is 0 Å². The van der Waals surface area contributed by atoms with Crippen LogP contribution in [0.5, 0.6) is 0 Å². The van der Waals surface area contributed by atoms with E-state index in [2.05, 4.69) is 13.8 Å². The highest BCUT2D eigenvalue weighted by Crippen LogP contribution is 2.24. The van der Waals surface area contributed by atoms with Crippen LogP contribution in [0.4, 0.5) is 0 Å². The minimum atomic E-state index is -0.0421. The summed E-state index contributed by atoms with van der Waals surface area (Å²) >= 11 is 0. The SMILES string of the molecule is CC1(C)COC(CCCCO)OC1. The number of rotatable bonds is 4. The molecule has 0 aliphatic carbocycles. The molecule has 78 valence electrons. The van der Waals surface area contributed by atoms with E-state index in [0.29, 0.717) is 0 Å². The van der Waals surface area contributed by atoms with Crippen LogP contribution in [0, 0.1) is 5.41 Å². The van der Waals surface area contributed by atoms with E-state index in [4.69, 9.17) is 14.6 Å². The molecule has 1 heterocycles. The lowest BCUT2D eigenvalue weighted by Gasteiger charge is -2.34. The molecule has 0 amide bonds. The average Bonchev–Trinajstić information content (AvgIpc) is 2.08. The van der Waals surface area contributed by atoms with Crippen LogP contribution in [-0.2, 0) is 9.47 Å². The molecule has 0 aromatic heterocycles. The summed E-state index contributed by atoms with van der Waals surface area (Å²) in [6, 6.07) is 0. The second kappa shape index (κ2) is 4.94. The van der Waals surface area contributed by atoms with Crippen LogP contribution >= 0.6 is 0 Å². The maximum atomic E-state index is 8.60. The topological polar surface area (TPSA) is 38.7 Å². The first-order valence-corrected chi connectivity index (χ1v) is 4.98. The van der Waals surface area contributed by atoms with Crippen LogP contribution in [-0.4, -0.2) is 31.2 Å². The lowest BCUT2D eigenvalue weighted by Crippen LogP contribution is -2.37. The molecule has 0 bridgehead atoms. The maximum Gasteiger partial charge on any atom is 0.157 e. The molecule has 1 fully saturated rings. The molecule has 13 heavy (non-hydrogen) atoms. The Bertz CT molecular complexity index is 135. The summed E-state index contributed by atoms with van der Waals surface area (Å²) in [6.45, 7) is 6.08. The van der Waals surface area contributed by atoms with Gasteiger partial charge in [0.25, 0.3) is 0 Å². The lowest BCUT2D eigenvalue weighted by molar-refractivity contribution is -0.224. The second-order valence-electron chi connectivity index (χ2n) is 4.44. The van der Waals surface area contributed by atoms with Crippen molar-refractivity contribution in [3.05, 3.63) is 0 Å². The predicted octanol–water partition coefficient (Wildman–Crippen LogP) is 1.55. The molecular weight excluding hydrogens is 168 g/mol. The van der Waals surface area contributed by atoms with Crippen molar-refractivity contribution < 1.29 is 14.6 Å². The standard InChI is InChI=1S/C10H20O3/c1-10(2)7-12-9(13-8-10)5-3-4-6-11/h9,11H,3-8H2,1-2H3. The first-order valence-electron chi connectivity index (χ1n) is 4.98. The van der Waals surface area contributed by atoms with Gasteiger partial charge in [-0.05, 0) is 19.3 Å². The Balaban J connectivity index is 2.11. The first-order chi connectivity index (χ1) is 6.14. The molecule has 1 N–H and O–H groups in total. The van der Waals surface area contributed by atoms with Gasteiger partial charge in [0.1, 0.15) is 0 Å². The monoisotopic (exact) mass is 188 g/mol. The van der Waals surface area contributed by atoms with E-state index in [1.807, 2.05) is 0 Å². The summed E-state index contributed by atoms with van der Waals surface area (Å²) < 4.78 is 11.1. The molecule has 0 saturated carbocycles. The van der Waals surface area contributed by atoms with E-state index >= 15 is 0 Å². The normalized spacial score (nSPS) is 23.3. The fraction of sp³-hybridized carbons (Fsp3) is 1.00. The van der Waals surface area contributed by atoms with Crippen LogP contribution in [0.25, 0.3) is 0 Å². The molecule has 1 aliphatic heterocycles. The molecule has 1 saturated heterocycles. The van der Waals surface area contributed by atoms with E-state index in [9.17, 15) is 0 Å². The Kier molecular flexibility index (Phi) is 4.16. The number of aliphatic hydroxyl groups is 1. The minimum Gasteiger partial charge on any atom is -0.396 e. The van der Waals surface area contributed by atoms with Crippen molar-refractivity contribution in [2.24, 2.45) is 5.41 Å². The van der Waals surface area contributed by atoms with Gasteiger partial charge in [0, 0.05) is 12.0 Å². The van der Waals surface area contributed by atoms with Crippen molar-refractivity contribution in [1.29, 1.82) is 0 Å². The molecule has 0 aromatic rings. The zero-order valence-corrected chi connectivity index (χ0v) is 8.58. The van der Waals surface area contributed by atoms with E-state index in [1.165, 1.54) is 0 Å². The molecule has 0 radical (unpaired) electrons. The van der Waals surface area contributed by atoms with Gasteiger partial charge in [-0.15, -0.1) is 0 Å². The summed E-state index contributed by atoms with van der Waals surface area (Å²) in [5, 5.41) is 8.60. The Labute approximate surface area is 80.0 Å². The van der Waals surface area contributed by atoms with E-state index < -0.39 is 0 Å². The summed E-state index contributed by atoms with van der Waals surface area (Å²) in [7, 11) is 0. The zero-order valence-electron chi connectivity index (χ0n) is 8.58. The lowest BCUT2D eigenvalue weighted by atomic mass is 9.95. The average molecular weight is 188 g/mol. The van der Waals surface area contributed by atoms with Gasteiger partial charge in [0.05, 0.1) is 13.2 Å². The van der Waals surface area contributed by atoms with Gasteiger partial charge in [-0.2, -0.15) is 0 Å². The third-order valence-corrected chi connectivity index (χ3v) is 2.17. The van der Waals surface area contributed by atoms with Crippen LogP contribution in [0.3, 0.4) is 0 Å². The third-order valence-electron chi connectivity index (χ3n) is 2.17. The Morgan fingerprint density at radius 2 is 1.85 bits per heavy atom. The van der Waals surface area contributed by atoms with Crippen LogP contribution < -0.4 is 0 Å². The predicted molar refractivity (Wildman–Crippen MR) is 50.4 cm³/mol. The van der Waals surface area contributed by atoms with E-state index in [0.717, 1.165) is 32.5 Å². The summed E-state index contributed by atoms with van der Waals surface area (Å²) in [5.74, 6) is 0. The number of ether oxygens (including phenoxy) is 2. The molecule has 3 nitrogen and oxygen atoms in total. The minimum absolute atomic E-state index is 0.0421. The number of hydrogen-bond donors (Lipinski definition) is 1. The Hall–Kier alpha value is -0.120. The van der Waals surface area contributed by atoms with Crippen LogP contribution in [0.1, 0.15) is 33.1 Å². The van der Waals surface area contributed by atoms with Crippen molar-refractivity contribution in [1.82, 2.24) is 0 Å². The van der Waals surface area contributed by atoms with Gasteiger partial charge in [-0.25, -0.2) is 0 Å². The maximum absolute atomic E-state index is 8.60. The molecule has 1 aliphatic rings. The highest BCUT2D eigenvalue weighted by atomic mass is 16.7. The van der Waals surface area contributed by atoms with Crippen LogP contribution in [0.15, 0.2) is 0 Å². The summed E-state index contributed by atoms with van der Waals surface area (Å²) in [5.41, 5.74) is 0.160. The number of hydrogen-bond acceptors (Lipinski definition) is 3. The van der Waals surface area contributed by atoms with Gasteiger partial charge in [0.15, 0.2) is 6.29 Å². The van der Waals surface area contributed by atoms with Gasteiger partial charge in [-0.3, -0.25) is 0 Å². The summed E-state index contributed by atoms with van der Waals surface area (Å²) in [6.07, 6.45) is 2.67. The summed E-state index contributed by atoms with van der Waals surface area (Å²) in [4.78, 5) is 0. The van der Waals surface area contributed by atoms with Crippen molar-refractivity contribution in [3.8, 4) is 0 Å². The largest absolute Gasteiger partial charge is 0.396 e. The highest BCUT2D eigenvalue weighted by molar-refractivity contribution is 4.71. The van der Waals surface area contributed by atoms with E-state index in [1.54, 1.807) is 0 Å². The number of unbranched alkanes of at least 4 members (excludes halogenated alkanes) is 1. The van der Waals surface area contributed by atoms with E-state index in [-0.39, 0.29) is 18.3 Å². The van der Waals surface area contributed by atoms with Gasteiger partial charge < -0.3 is 14.6 Å². The zero-order chi connectivity index (χ0) is 9.73. The van der Waals surface area contributed by atoms with Crippen molar-refractivity contribution in [3.63, 3.8) is 0 Å². The highest BCUT2D eigenvalue weighted by Gasteiger charge is 2.27. The molecule has 0 unspecified atom stereocenters. The Morgan fingerprint density at radius 3 is 2.38 bits per heavy atom. The second-order valence-corrected chi connectivity index (χ2v) is 4.44. The quantitative estimate of drug-likeness (QED) is 0.680. The molecule has 3 heteroatoms. The molecule has 0 spiro atoms. The fourth-order valence-corrected chi connectivity index (χ4v) is 1.32. The molecule has 0 aromatic carbocycles. The molecular formula is C10H20O3. The van der Waals surface area contributed by atoms with Gasteiger partial charge >= 0.3 is 0 Å². The first kappa shape index (κ1) is 11.0. The van der Waals surface area contributed by atoms with Gasteiger partial charge in [-0.1, -0.05) is 13.8 Å². The van der Waals surface area contributed by atoms with Crippen LogP contribution in [0.2, 0.25) is 0 Å². The van der Waals surface area contributed by atoms with Crippen molar-refractivity contribution in [2.75, 3.05) is 19.8 Å². The molecule has 0 atom stereocenters. The number of aliphatic hydroxyl groups excluding tert-OH is 1. The smallest absolute Gasteiger partial charge is 0.157 e. The fourth-order valence-electron chi connectivity index (χ4n) is 1.32. The third kappa shape index (κ3) is 4.07. The Morgan fingerprint density at radius 1 is 1.23 bits per heavy atom. The van der Waals surface area contributed by atoms with Crippen molar-refractivity contribution >= 4 is 0 Å².